The minimum Gasteiger partial charge on any atom is -0.360 e. The summed E-state index contributed by atoms with van der Waals surface area (Å²) in [4.78, 5) is 24.9. The molecular weight excluding hydrogens is 332 g/mol. The number of fused-ring (bicyclic) bond motifs is 2. The van der Waals surface area contributed by atoms with Gasteiger partial charge >= 0.3 is 0 Å². The first-order valence-electron chi connectivity index (χ1n) is 8.61. The maximum absolute atomic E-state index is 12.6. The molecule has 0 saturated heterocycles. The van der Waals surface area contributed by atoms with Crippen molar-refractivity contribution < 1.29 is 9.72 Å². The summed E-state index contributed by atoms with van der Waals surface area (Å²) >= 11 is 0. The number of likely N-dealkylation sites (N-methyl/N-ethyl adjacent to an activating group) is 1. The average Bonchev–Trinajstić information content (AvgIpc) is 3.11. The van der Waals surface area contributed by atoms with Gasteiger partial charge in [-0.05, 0) is 56.2 Å². The third-order valence-electron chi connectivity index (χ3n) is 5.23. The Bertz CT molecular complexity index is 921. The summed E-state index contributed by atoms with van der Waals surface area (Å²) in [5.41, 5.74) is 4.26. The van der Waals surface area contributed by atoms with E-state index in [1.807, 2.05) is 37.8 Å². The number of amides is 1. The number of nitro groups is 1. The maximum Gasteiger partial charge on any atom is 0.269 e. The second kappa shape index (κ2) is 5.45. The number of hydrogen-bond donors (Lipinski definition) is 2. The average molecular weight is 352 g/mol. The zero-order chi connectivity index (χ0) is 18.6. The molecule has 0 saturated carbocycles. The van der Waals surface area contributed by atoms with Gasteiger partial charge in [-0.2, -0.15) is 0 Å². The number of nitro benzene ring substituents is 1. The second-order valence-electron chi connectivity index (χ2n) is 7.16. The summed E-state index contributed by atoms with van der Waals surface area (Å²) in [6.07, 6.45) is -0.165. The van der Waals surface area contributed by atoms with Crippen LogP contribution in [-0.4, -0.2) is 17.4 Å². The lowest BCUT2D eigenvalue weighted by Crippen LogP contribution is -2.35. The van der Waals surface area contributed by atoms with Gasteiger partial charge in [0.1, 0.15) is 6.17 Å². The van der Waals surface area contributed by atoms with Gasteiger partial charge in [-0.15, -0.1) is 0 Å². The van der Waals surface area contributed by atoms with Crippen LogP contribution >= 0.6 is 0 Å². The number of hydrogen-bond acceptors (Lipinski definition) is 5. The van der Waals surface area contributed by atoms with Gasteiger partial charge in [0.05, 0.1) is 27.4 Å². The molecule has 2 aliphatic heterocycles. The molecule has 0 aliphatic carbocycles. The molecule has 0 radical (unpaired) electrons. The van der Waals surface area contributed by atoms with Crippen LogP contribution < -0.4 is 15.5 Å². The van der Waals surface area contributed by atoms with Crippen molar-refractivity contribution in [3.8, 4) is 0 Å². The van der Waals surface area contributed by atoms with Gasteiger partial charge in [0.2, 0.25) is 5.91 Å². The zero-order valence-electron chi connectivity index (χ0n) is 14.9. The fraction of sp³-hybridized carbons (Fsp3) is 0.316. The molecule has 1 amide bonds. The fourth-order valence-electron chi connectivity index (χ4n) is 3.73. The van der Waals surface area contributed by atoms with E-state index in [4.69, 9.17) is 0 Å². The summed E-state index contributed by atoms with van der Waals surface area (Å²) in [5.74, 6) is 0.116. The minimum atomic E-state index is -0.548. The van der Waals surface area contributed by atoms with Crippen LogP contribution in [0.1, 0.15) is 38.1 Å². The lowest BCUT2D eigenvalue weighted by Gasteiger charge is -2.18. The van der Waals surface area contributed by atoms with Crippen molar-refractivity contribution in [3.63, 3.8) is 0 Å². The monoisotopic (exact) mass is 352 g/mol. The van der Waals surface area contributed by atoms with Crippen LogP contribution in [0.3, 0.4) is 0 Å². The highest BCUT2D eigenvalue weighted by atomic mass is 16.6. The van der Waals surface area contributed by atoms with Crippen LogP contribution in [0, 0.1) is 10.1 Å². The van der Waals surface area contributed by atoms with Gasteiger partial charge in [0.25, 0.3) is 5.69 Å². The third-order valence-corrected chi connectivity index (χ3v) is 5.23. The largest absolute Gasteiger partial charge is 0.360 e. The van der Waals surface area contributed by atoms with E-state index in [0.717, 1.165) is 28.2 Å². The molecule has 0 aromatic heterocycles. The smallest absolute Gasteiger partial charge is 0.269 e. The Balaban J connectivity index is 1.67. The van der Waals surface area contributed by atoms with Crippen molar-refractivity contribution in [3.05, 3.63) is 57.6 Å². The SMILES string of the molecule is CCN1C(=O)C(C)(C)c2cc3c(cc21)NC(c1ccc([N+](=O)[O-])cc1)N3. The summed E-state index contributed by atoms with van der Waals surface area (Å²) < 4.78 is 0. The minimum absolute atomic E-state index is 0.0714. The Morgan fingerprint density at radius 1 is 1.15 bits per heavy atom. The molecule has 2 aromatic carbocycles. The highest BCUT2D eigenvalue weighted by Crippen LogP contribution is 2.48. The molecule has 7 nitrogen and oxygen atoms in total. The maximum atomic E-state index is 12.6. The predicted octanol–water partition coefficient (Wildman–Crippen LogP) is 3.78. The third kappa shape index (κ3) is 2.23. The van der Waals surface area contributed by atoms with Gasteiger partial charge in [0.15, 0.2) is 0 Å². The van der Waals surface area contributed by atoms with Crippen LogP contribution in [0.5, 0.6) is 0 Å². The number of non-ortho nitro benzene ring substituents is 1. The normalized spacial score (nSPS) is 19.6. The van der Waals surface area contributed by atoms with Gasteiger partial charge in [-0.25, -0.2) is 0 Å². The van der Waals surface area contributed by atoms with E-state index in [9.17, 15) is 14.9 Å². The molecule has 2 aromatic rings. The quantitative estimate of drug-likeness (QED) is 0.648. The summed E-state index contributed by atoms with van der Waals surface area (Å²) in [7, 11) is 0. The highest BCUT2D eigenvalue weighted by Gasteiger charge is 2.44. The standard InChI is InChI=1S/C19H20N4O3/c1-4-22-16-10-15-14(9-13(16)19(2,3)18(22)24)20-17(21-15)11-5-7-12(8-6-11)23(25)26/h5-10,17,20-21H,4H2,1-3H3. The number of carbonyl (C=O) groups is 1. The Kier molecular flexibility index (Phi) is 3.44. The molecule has 7 heteroatoms. The van der Waals surface area contributed by atoms with Crippen molar-refractivity contribution in [2.75, 3.05) is 22.1 Å². The number of carbonyl (C=O) groups excluding carboxylic acids is 1. The molecule has 134 valence electrons. The Hall–Kier alpha value is -3.09. The van der Waals surface area contributed by atoms with Crippen LogP contribution in [0.4, 0.5) is 22.7 Å². The van der Waals surface area contributed by atoms with Gasteiger partial charge in [-0.1, -0.05) is 0 Å². The van der Waals surface area contributed by atoms with E-state index in [2.05, 4.69) is 10.6 Å². The van der Waals surface area contributed by atoms with E-state index in [1.54, 1.807) is 12.1 Å². The van der Waals surface area contributed by atoms with Crippen LogP contribution in [0.2, 0.25) is 0 Å². The number of nitrogens with zero attached hydrogens (tertiary/aromatic N) is 2. The van der Waals surface area contributed by atoms with E-state index >= 15 is 0 Å². The van der Waals surface area contributed by atoms with Gasteiger partial charge in [-0.3, -0.25) is 14.9 Å². The lowest BCUT2D eigenvalue weighted by atomic mass is 9.86. The van der Waals surface area contributed by atoms with Gasteiger partial charge in [0, 0.05) is 18.7 Å². The number of anilines is 3. The van der Waals surface area contributed by atoms with Crippen molar-refractivity contribution in [2.24, 2.45) is 0 Å². The molecule has 2 heterocycles. The highest BCUT2D eigenvalue weighted by molar-refractivity contribution is 6.09. The molecule has 2 N–H and O–H groups in total. The first-order valence-corrected chi connectivity index (χ1v) is 8.61. The van der Waals surface area contributed by atoms with Crippen LogP contribution in [-0.2, 0) is 10.2 Å². The van der Waals surface area contributed by atoms with Gasteiger partial charge < -0.3 is 15.5 Å². The topological polar surface area (TPSA) is 87.5 Å². The molecular formula is C19H20N4O3. The summed E-state index contributed by atoms with van der Waals surface area (Å²) in [5, 5.41) is 17.6. The Morgan fingerprint density at radius 3 is 2.35 bits per heavy atom. The summed E-state index contributed by atoms with van der Waals surface area (Å²) in [6, 6.07) is 10.5. The number of benzene rings is 2. The Labute approximate surface area is 151 Å². The van der Waals surface area contributed by atoms with E-state index in [0.29, 0.717) is 6.54 Å². The summed E-state index contributed by atoms with van der Waals surface area (Å²) in [6.45, 7) is 6.51. The fourth-order valence-corrected chi connectivity index (χ4v) is 3.73. The van der Waals surface area contributed by atoms with Crippen LogP contribution in [0.25, 0.3) is 0 Å². The first-order chi connectivity index (χ1) is 12.3. The van der Waals surface area contributed by atoms with Crippen molar-refractivity contribution in [1.82, 2.24) is 0 Å². The number of rotatable bonds is 3. The van der Waals surface area contributed by atoms with Crippen molar-refractivity contribution in [2.45, 2.75) is 32.4 Å². The molecule has 26 heavy (non-hydrogen) atoms. The molecule has 4 rings (SSSR count). The molecule has 2 aliphatic rings. The zero-order valence-corrected chi connectivity index (χ0v) is 14.9. The molecule has 0 fully saturated rings. The molecule has 1 atom stereocenters. The van der Waals surface area contributed by atoms with Crippen LogP contribution in [0.15, 0.2) is 36.4 Å². The van der Waals surface area contributed by atoms with E-state index in [1.165, 1.54) is 12.1 Å². The Morgan fingerprint density at radius 2 is 1.77 bits per heavy atom. The predicted molar refractivity (Wildman–Crippen MR) is 101 cm³/mol. The van der Waals surface area contributed by atoms with Crippen molar-refractivity contribution in [1.29, 1.82) is 0 Å². The van der Waals surface area contributed by atoms with Crippen molar-refractivity contribution >= 4 is 28.7 Å². The van der Waals surface area contributed by atoms with E-state index < -0.39 is 10.3 Å². The van der Waals surface area contributed by atoms with E-state index in [-0.39, 0.29) is 17.8 Å². The first kappa shape index (κ1) is 16.4. The molecule has 0 bridgehead atoms. The second-order valence-corrected chi connectivity index (χ2v) is 7.16. The lowest BCUT2D eigenvalue weighted by molar-refractivity contribution is -0.384. The molecule has 1 unspecified atom stereocenters. The molecule has 0 spiro atoms. The number of nitrogens with one attached hydrogen (secondary N) is 2.